The van der Waals surface area contributed by atoms with Gasteiger partial charge < -0.3 is 13.9 Å². The van der Waals surface area contributed by atoms with Gasteiger partial charge in [-0.1, -0.05) is 0 Å². The molecule has 106 valence electrons. The monoisotopic (exact) mass is 274 g/mol. The summed E-state index contributed by atoms with van der Waals surface area (Å²) in [6, 6.07) is 3.85. The van der Waals surface area contributed by atoms with Gasteiger partial charge in [0, 0.05) is 19.0 Å². The van der Waals surface area contributed by atoms with E-state index in [1.807, 2.05) is 10.6 Å². The third kappa shape index (κ3) is 2.29. The van der Waals surface area contributed by atoms with Crippen molar-refractivity contribution in [3.63, 3.8) is 0 Å². The molecule has 3 rings (SSSR count). The minimum atomic E-state index is -0.321. The van der Waals surface area contributed by atoms with Gasteiger partial charge in [0.25, 0.3) is 0 Å². The molecule has 2 heterocycles. The van der Waals surface area contributed by atoms with Crippen LogP contribution in [0.15, 0.2) is 18.3 Å². The molecule has 0 radical (unpaired) electrons. The summed E-state index contributed by atoms with van der Waals surface area (Å²) < 4.78 is 12.3. The number of hydrogen-bond acceptors (Lipinski definition) is 4. The maximum atomic E-state index is 12.0. The fraction of sp³-hybridized carbons (Fsp3) is 0.467. The van der Waals surface area contributed by atoms with Crippen molar-refractivity contribution in [2.75, 3.05) is 13.7 Å². The molecule has 0 atom stereocenters. The predicted molar refractivity (Wildman–Crippen MR) is 73.8 cm³/mol. The molecule has 2 aromatic heterocycles. The van der Waals surface area contributed by atoms with E-state index in [1.165, 1.54) is 18.5 Å². The molecule has 1 aliphatic carbocycles. The zero-order valence-corrected chi connectivity index (χ0v) is 11.8. The number of methoxy groups -OCH3 is 1. The smallest absolute Gasteiger partial charge is 0.341 e. The van der Waals surface area contributed by atoms with Crippen molar-refractivity contribution in [3.05, 3.63) is 35.3 Å². The first kappa shape index (κ1) is 13.1. The normalized spacial score (nSPS) is 14.7. The highest BCUT2D eigenvalue weighted by Gasteiger charge is 2.28. The fourth-order valence-corrected chi connectivity index (χ4v) is 2.44. The molecule has 0 saturated heterocycles. The van der Waals surface area contributed by atoms with Crippen LogP contribution in [0, 0.1) is 0 Å². The second-order valence-corrected chi connectivity index (χ2v) is 5.02. The molecular weight excluding hydrogens is 256 g/mol. The van der Waals surface area contributed by atoms with Crippen LogP contribution in [-0.4, -0.2) is 29.1 Å². The molecule has 5 heteroatoms. The standard InChI is InChI=1S/C15H18N2O3/c1-3-20-15(18)12-6-7-17-13(10-4-5-10)8-11(9-19-2)16-14(12)17/h6-8,10H,3-5,9H2,1-2H3. The van der Waals surface area contributed by atoms with E-state index < -0.39 is 0 Å². The Hall–Kier alpha value is -1.88. The molecule has 0 N–H and O–H groups in total. The highest BCUT2D eigenvalue weighted by atomic mass is 16.5. The highest BCUT2D eigenvalue weighted by Crippen LogP contribution is 2.40. The van der Waals surface area contributed by atoms with E-state index in [9.17, 15) is 4.79 Å². The number of aromatic nitrogens is 2. The maximum Gasteiger partial charge on any atom is 0.341 e. The minimum Gasteiger partial charge on any atom is -0.462 e. The second kappa shape index (κ2) is 5.25. The van der Waals surface area contributed by atoms with Crippen LogP contribution in [0.25, 0.3) is 5.65 Å². The number of carbonyl (C=O) groups excluding carboxylic acids is 1. The Morgan fingerprint density at radius 1 is 1.50 bits per heavy atom. The number of fused-ring (bicyclic) bond motifs is 1. The van der Waals surface area contributed by atoms with Gasteiger partial charge in [-0.05, 0) is 37.8 Å². The Morgan fingerprint density at radius 2 is 2.30 bits per heavy atom. The average molecular weight is 274 g/mol. The summed E-state index contributed by atoms with van der Waals surface area (Å²) in [6.07, 6.45) is 4.29. The van der Waals surface area contributed by atoms with Crippen molar-refractivity contribution in [3.8, 4) is 0 Å². The van der Waals surface area contributed by atoms with Crippen LogP contribution >= 0.6 is 0 Å². The van der Waals surface area contributed by atoms with Crippen LogP contribution in [0.3, 0.4) is 0 Å². The topological polar surface area (TPSA) is 52.8 Å². The quantitative estimate of drug-likeness (QED) is 0.786. The third-order valence-electron chi connectivity index (χ3n) is 3.48. The van der Waals surface area contributed by atoms with Crippen molar-refractivity contribution >= 4 is 11.6 Å². The molecule has 0 bridgehead atoms. The summed E-state index contributed by atoms with van der Waals surface area (Å²) in [4.78, 5) is 16.5. The van der Waals surface area contributed by atoms with E-state index in [1.54, 1.807) is 20.1 Å². The highest BCUT2D eigenvalue weighted by molar-refractivity contribution is 5.96. The van der Waals surface area contributed by atoms with Gasteiger partial charge in [-0.2, -0.15) is 0 Å². The molecule has 0 amide bonds. The maximum absolute atomic E-state index is 12.0. The largest absolute Gasteiger partial charge is 0.462 e. The Balaban J connectivity index is 2.11. The van der Waals surface area contributed by atoms with E-state index >= 15 is 0 Å². The van der Waals surface area contributed by atoms with Crippen LogP contribution in [0.5, 0.6) is 0 Å². The number of hydrogen-bond donors (Lipinski definition) is 0. The molecule has 0 aromatic carbocycles. The fourth-order valence-electron chi connectivity index (χ4n) is 2.44. The first-order valence-electron chi connectivity index (χ1n) is 6.91. The second-order valence-electron chi connectivity index (χ2n) is 5.02. The van der Waals surface area contributed by atoms with Crippen LogP contribution < -0.4 is 0 Å². The Morgan fingerprint density at radius 3 is 2.95 bits per heavy atom. The molecule has 5 nitrogen and oxygen atoms in total. The van der Waals surface area contributed by atoms with Crippen LogP contribution in [0.1, 0.15) is 47.4 Å². The lowest BCUT2D eigenvalue weighted by Gasteiger charge is -2.09. The third-order valence-corrected chi connectivity index (χ3v) is 3.48. The SMILES string of the molecule is CCOC(=O)c1ccn2c(C3CC3)cc(COC)nc12. The summed E-state index contributed by atoms with van der Waals surface area (Å²) in [6.45, 7) is 2.61. The van der Waals surface area contributed by atoms with Gasteiger partial charge in [0.05, 0.1) is 18.9 Å². The van der Waals surface area contributed by atoms with Crippen molar-refractivity contribution in [1.29, 1.82) is 0 Å². The van der Waals surface area contributed by atoms with Crippen molar-refractivity contribution in [1.82, 2.24) is 9.38 Å². The summed E-state index contributed by atoms with van der Waals surface area (Å²) in [7, 11) is 1.65. The number of nitrogens with zero attached hydrogens (tertiary/aromatic N) is 2. The first-order chi connectivity index (χ1) is 9.74. The van der Waals surface area contributed by atoms with Gasteiger partial charge in [0.1, 0.15) is 5.56 Å². The minimum absolute atomic E-state index is 0.321. The van der Waals surface area contributed by atoms with E-state index in [4.69, 9.17) is 9.47 Å². The summed E-state index contributed by atoms with van der Waals surface area (Å²) >= 11 is 0. The van der Waals surface area contributed by atoms with Crippen LogP contribution in [0.4, 0.5) is 0 Å². The van der Waals surface area contributed by atoms with Gasteiger partial charge >= 0.3 is 5.97 Å². The zero-order valence-electron chi connectivity index (χ0n) is 11.8. The molecule has 20 heavy (non-hydrogen) atoms. The molecule has 0 spiro atoms. The van der Waals surface area contributed by atoms with Gasteiger partial charge in [-0.15, -0.1) is 0 Å². The molecule has 0 aliphatic heterocycles. The number of esters is 1. The van der Waals surface area contributed by atoms with Crippen molar-refractivity contribution < 1.29 is 14.3 Å². The number of ether oxygens (including phenoxy) is 2. The lowest BCUT2D eigenvalue weighted by Crippen LogP contribution is -2.07. The first-order valence-corrected chi connectivity index (χ1v) is 6.91. The molecule has 1 aliphatic rings. The number of rotatable bonds is 5. The Labute approximate surface area is 117 Å². The lowest BCUT2D eigenvalue weighted by atomic mass is 10.2. The van der Waals surface area contributed by atoms with Crippen LogP contribution in [0.2, 0.25) is 0 Å². The molecule has 0 unspecified atom stereocenters. The lowest BCUT2D eigenvalue weighted by molar-refractivity contribution is 0.0528. The van der Waals surface area contributed by atoms with Crippen molar-refractivity contribution in [2.24, 2.45) is 0 Å². The van der Waals surface area contributed by atoms with Gasteiger partial charge in [0.15, 0.2) is 5.65 Å². The van der Waals surface area contributed by atoms with Gasteiger partial charge in [-0.3, -0.25) is 0 Å². The van der Waals surface area contributed by atoms with Gasteiger partial charge in [-0.25, -0.2) is 9.78 Å². The summed E-state index contributed by atoms with van der Waals surface area (Å²) in [5.41, 5.74) is 3.25. The predicted octanol–water partition coefficient (Wildman–Crippen LogP) is 2.53. The number of carbonyl (C=O) groups is 1. The summed E-state index contributed by atoms with van der Waals surface area (Å²) in [5.74, 6) is 0.248. The van der Waals surface area contributed by atoms with Gasteiger partial charge in [0.2, 0.25) is 0 Å². The van der Waals surface area contributed by atoms with Crippen molar-refractivity contribution in [2.45, 2.75) is 32.3 Å². The van der Waals surface area contributed by atoms with E-state index in [0.29, 0.717) is 30.3 Å². The van der Waals surface area contributed by atoms with Crippen LogP contribution in [-0.2, 0) is 16.1 Å². The molecule has 1 saturated carbocycles. The molecular formula is C15H18N2O3. The van der Waals surface area contributed by atoms with E-state index in [2.05, 4.69) is 11.1 Å². The summed E-state index contributed by atoms with van der Waals surface area (Å²) in [5, 5.41) is 0. The Kier molecular flexibility index (Phi) is 3.44. The molecule has 1 fully saturated rings. The average Bonchev–Trinajstić information content (AvgIpc) is 3.18. The molecule has 2 aromatic rings. The Bertz CT molecular complexity index is 644. The zero-order chi connectivity index (χ0) is 14.1. The van der Waals surface area contributed by atoms with E-state index in [-0.39, 0.29) is 5.97 Å². The van der Waals surface area contributed by atoms with E-state index in [0.717, 1.165) is 5.69 Å².